The molecule has 28 heavy (non-hydrogen) atoms. The van der Waals surface area contributed by atoms with Crippen molar-refractivity contribution in [3.05, 3.63) is 42.1 Å². The molecule has 1 aliphatic heterocycles. The third-order valence-electron chi connectivity index (χ3n) is 5.95. The summed E-state index contributed by atoms with van der Waals surface area (Å²) in [4.78, 5) is 28.8. The summed E-state index contributed by atoms with van der Waals surface area (Å²) in [5.41, 5.74) is 1.21. The summed E-state index contributed by atoms with van der Waals surface area (Å²) in [6.07, 6.45) is 6.83. The minimum absolute atomic E-state index is 0.135. The molecule has 0 atom stereocenters. The van der Waals surface area contributed by atoms with Gasteiger partial charge in [0.15, 0.2) is 11.5 Å². The van der Waals surface area contributed by atoms with E-state index in [1.54, 1.807) is 11.0 Å². The third kappa shape index (κ3) is 4.26. The maximum atomic E-state index is 12.7. The van der Waals surface area contributed by atoms with Gasteiger partial charge in [0, 0.05) is 44.2 Å². The van der Waals surface area contributed by atoms with Crippen LogP contribution in [0, 0.1) is 5.92 Å². The molecule has 0 spiro atoms. The van der Waals surface area contributed by atoms with Crippen molar-refractivity contribution in [2.24, 2.45) is 5.92 Å². The summed E-state index contributed by atoms with van der Waals surface area (Å²) in [5.74, 6) is 1.42. The Morgan fingerprint density at radius 2 is 1.68 bits per heavy atom. The van der Waals surface area contributed by atoms with Crippen molar-refractivity contribution in [1.82, 2.24) is 15.0 Å². The van der Waals surface area contributed by atoms with Crippen LogP contribution in [0.1, 0.15) is 49.0 Å². The molecule has 2 aliphatic rings. The van der Waals surface area contributed by atoms with Gasteiger partial charge in [-0.2, -0.15) is 0 Å². The number of aromatic nitrogens is 1. The van der Waals surface area contributed by atoms with Crippen molar-refractivity contribution >= 4 is 11.8 Å². The van der Waals surface area contributed by atoms with Crippen LogP contribution in [0.2, 0.25) is 0 Å². The molecular formula is C22H27N3O3. The highest BCUT2D eigenvalue weighted by molar-refractivity contribution is 5.93. The predicted octanol–water partition coefficient (Wildman–Crippen LogP) is 3.60. The summed E-state index contributed by atoms with van der Waals surface area (Å²) in [6.45, 7) is 2.28. The van der Waals surface area contributed by atoms with Crippen LogP contribution in [0.25, 0.3) is 11.3 Å². The second-order valence-corrected chi connectivity index (χ2v) is 7.80. The normalized spacial score (nSPS) is 17.9. The molecule has 148 valence electrons. The lowest BCUT2D eigenvalue weighted by molar-refractivity contribution is -0.133. The highest BCUT2D eigenvalue weighted by Crippen LogP contribution is 2.28. The molecule has 2 amide bonds. The van der Waals surface area contributed by atoms with E-state index in [0.717, 1.165) is 17.9 Å². The fraction of sp³-hybridized carbons (Fsp3) is 0.500. The smallest absolute Gasteiger partial charge is 0.276 e. The average molecular weight is 381 g/mol. The van der Waals surface area contributed by atoms with Gasteiger partial charge in [-0.15, -0.1) is 0 Å². The number of amides is 2. The molecule has 0 radical (unpaired) electrons. The van der Waals surface area contributed by atoms with Crippen LogP contribution in [-0.2, 0) is 4.79 Å². The molecule has 1 saturated heterocycles. The molecule has 2 aromatic rings. The van der Waals surface area contributed by atoms with Crippen LogP contribution in [-0.4, -0.2) is 52.9 Å². The number of benzene rings is 1. The lowest BCUT2D eigenvalue weighted by Crippen LogP contribution is -2.50. The summed E-state index contributed by atoms with van der Waals surface area (Å²) in [5, 5.41) is 3.95. The first-order chi connectivity index (χ1) is 13.7. The number of piperazine rings is 1. The van der Waals surface area contributed by atoms with Gasteiger partial charge in [-0.3, -0.25) is 9.59 Å². The fourth-order valence-corrected chi connectivity index (χ4v) is 4.22. The lowest BCUT2D eigenvalue weighted by atomic mass is 10.0. The van der Waals surface area contributed by atoms with Crippen molar-refractivity contribution < 1.29 is 14.1 Å². The van der Waals surface area contributed by atoms with E-state index in [1.165, 1.54) is 25.7 Å². The highest BCUT2D eigenvalue weighted by Gasteiger charge is 2.27. The van der Waals surface area contributed by atoms with E-state index in [9.17, 15) is 9.59 Å². The maximum absolute atomic E-state index is 12.7. The summed E-state index contributed by atoms with van der Waals surface area (Å²) >= 11 is 0. The largest absolute Gasteiger partial charge is 0.355 e. The minimum atomic E-state index is -0.135. The van der Waals surface area contributed by atoms with Gasteiger partial charge in [0.2, 0.25) is 5.91 Å². The predicted molar refractivity (Wildman–Crippen MR) is 106 cm³/mol. The van der Waals surface area contributed by atoms with Crippen LogP contribution in [0.3, 0.4) is 0 Å². The van der Waals surface area contributed by atoms with Crippen molar-refractivity contribution in [1.29, 1.82) is 0 Å². The molecule has 6 nitrogen and oxygen atoms in total. The van der Waals surface area contributed by atoms with E-state index >= 15 is 0 Å². The first kappa shape index (κ1) is 18.7. The van der Waals surface area contributed by atoms with Crippen LogP contribution in [0.4, 0.5) is 0 Å². The zero-order valence-corrected chi connectivity index (χ0v) is 16.2. The van der Waals surface area contributed by atoms with Gasteiger partial charge in [0.05, 0.1) is 0 Å². The highest BCUT2D eigenvalue weighted by atomic mass is 16.5. The van der Waals surface area contributed by atoms with Crippen LogP contribution in [0.5, 0.6) is 0 Å². The molecule has 1 aliphatic carbocycles. The maximum Gasteiger partial charge on any atom is 0.276 e. The number of nitrogens with zero attached hydrogens (tertiary/aromatic N) is 3. The topological polar surface area (TPSA) is 66.7 Å². The number of carbonyl (C=O) groups is 2. The zero-order chi connectivity index (χ0) is 19.3. The average Bonchev–Trinajstić information content (AvgIpc) is 3.44. The first-order valence-corrected chi connectivity index (χ1v) is 10.3. The number of rotatable bonds is 5. The lowest BCUT2D eigenvalue weighted by Gasteiger charge is -2.34. The van der Waals surface area contributed by atoms with Crippen molar-refractivity contribution in [3.63, 3.8) is 0 Å². The van der Waals surface area contributed by atoms with Gasteiger partial charge in [-0.25, -0.2) is 0 Å². The molecular weight excluding hydrogens is 354 g/mol. The van der Waals surface area contributed by atoms with Gasteiger partial charge < -0.3 is 14.3 Å². The van der Waals surface area contributed by atoms with E-state index in [2.05, 4.69) is 5.16 Å². The summed E-state index contributed by atoms with van der Waals surface area (Å²) in [7, 11) is 0. The molecule has 0 unspecified atom stereocenters. The van der Waals surface area contributed by atoms with E-state index < -0.39 is 0 Å². The van der Waals surface area contributed by atoms with E-state index in [4.69, 9.17) is 4.52 Å². The van der Waals surface area contributed by atoms with Gasteiger partial charge in [0.1, 0.15) is 0 Å². The van der Waals surface area contributed by atoms with Gasteiger partial charge in [0.25, 0.3) is 5.91 Å². The molecule has 6 heteroatoms. The van der Waals surface area contributed by atoms with Crippen LogP contribution < -0.4 is 0 Å². The monoisotopic (exact) mass is 381 g/mol. The number of hydrogen-bond acceptors (Lipinski definition) is 4. The second-order valence-electron chi connectivity index (χ2n) is 7.80. The Balaban J connectivity index is 1.28. The Hall–Kier alpha value is -2.63. The Labute approximate surface area is 165 Å². The van der Waals surface area contributed by atoms with Gasteiger partial charge in [-0.05, 0) is 12.3 Å². The molecule has 2 heterocycles. The van der Waals surface area contributed by atoms with Crippen molar-refractivity contribution in [2.75, 3.05) is 26.2 Å². The number of hydrogen-bond donors (Lipinski definition) is 0. The molecule has 1 saturated carbocycles. The second kappa shape index (κ2) is 8.59. The zero-order valence-electron chi connectivity index (χ0n) is 16.2. The van der Waals surface area contributed by atoms with Crippen LogP contribution in [0.15, 0.2) is 40.9 Å². The van der Waals surface area contributed by atoms with Gasteiger partial charge in [-0.1, -0.05) is 61.2 Å². The molecule has 1 aromatic heterocycles. The summed E-state index contributed by atoms with van der Waals surface area (Å²) < 4.78 is 5.34. The Morgan fingerprint density at radius 3 is 2.39 bits per heavy atom. The summed E-state index contributed by atoms with van der Waals surface area (Å²) in [6, 6.07) is 11.3. The van der Waals surface area contributed by atoms with Gasteiger partial charge >= 0.3 is 0 Å². The molecule has 4 rings (SSSR count). The van der Waals surface area contributed by atoms with Crippen molar-refractivity contribution in [2.45, 2.75) is 38.5 Å². The van der Waals surface area contributed by atoms with E-state index in [0.29, 0.717) is 44.1 Å². The standard InChI is InChI=1S/C22H27N3O3/c26-21(11-10-17-6-4-5-7-17)24-12-14-25(15-13-24)22(27)19-16-20(28-23-19)18-8-2-1-3-9-18/h1-3,8-9,16-17H,4-7,10-15H2. The molecule has 1 aromatic carbocycles. The first-order valence-electron chi connectivity index (χ1n) is 10.3. The SMILES string of the molecule is O=C(CCC1CCCC1)N1CCN(C(=O)c2cc(-c3ccccc3)on2)CC1. The molecule has 0 N–H and O–H groups in total. The van der Waals surface area contributed by atoms with E-state index in [1.807, 2.05) is 35.2 Å². The molecule has 0 bridgehead atoms. The molecule has 2 fully saturated rings. The Bertz CT molecular complexity index is 803. The third-order valence-corrected chi connectivity index (χ3v) is 5.95. The minimum Gasteiger partial charge on any atom is -0.355 e. The number of carbonyl (C=O) groups excluding carboxylic acids is 2. The Kier molecular flexibility index (Phi) is 5.74. The quantitative estimate of drug-likeness (QED) is 0.794. The fourth-order valence-electron chi connectivity index (χ4n) is 4.22. The van der Waals surface area contributed by atoms with Crippen molar-refractivity contribution in [3.8, 4) is 11.3 Å². The van der Waals surface area contributed by atoms with E-state index in [-0.39, 0.29) is 11.8 Å². The Morgan fingerprint density at radius 1 is 1.00 bits per heavy atom. The van der Waals surface area contributed by atoms with Crippen LogP contribution >= 0.6 is 0 Å².